The van der Waals surface area contributed by atoms with Crippen LogP contribution in [0.1, 0.15) is 317 Å². The van der Waals surface area contributed by atoms with Crippen LogP contribution in [0.3, 0.4) is 0 Å². The number of anilines is 6. The van der Waals surface area contributed by atoms with Gasteiger partial charge in [-0.25, -0.2) is 0 Å². The second kappa shape index (κ2) is 45.1. The molecule has 608 valence electrons. The molecule has 12 rings (SSSR count). The Bertz CT molecular complexity index is 4030. The first-order valence-corrected chi connectivity index (χ1v) is 43.7. The summed E-state index contributed by atoms with van der Waals surface area (Å²) in [5.74, 6) is 11.1. The van der Waals surface area contributed by atoms with E-state index in [1.54, 1.807) is 0 Å². The molecule has 8 aromatic rings. The topological polar surface area (TPSA) is 71.2 Å². The van der Waals surface area contributed by atoms with Gasteiger partial charge in [0.1, 0.15) is 0 Å². The van der Waals surface area contributed by atoms with Crippen molar-refractivity contribution in [2.75, 3.05) is 82.6 Å². The Morgan fingerprint density at radius 2 is 0.509 bits per heavy atom. The second-order valence-electron chi connectivity index (χ2n) is 36.6. The molecule has 2 atom stereocenters. The molecule has 2 unspecified atom stereocenters. The van der Waals surface area contributed by atoms with Gasteiger partial charge in [-0.2, -0.15) is 0 Å². The van der Waals surface area contributed by atoms with E-state index in [-0.39, 0.29) is 11.8 Å². The minimum Gasteiger partial charge on any atom is -0.372 e. The fourth-order valence-electron chi connectivity index (χ4n) is 15.5. The maximum Gasteiger partial charge on any atom is 0.255 e. The number of hydrogen-bond donors (Lipinski definition) is 2. The van der Waals surface area contributed by atoms with E-state index < -0.39 is 0 Å². The van der Waals surface area contributed by atoms with Crippen molar-refractivity contribution in [2.24, 2.45) is 47.3 Å². The SMILES string of the molecule is CC(C)c1ccc(C(=O)Nc2cccc(C(C)C)c2)cc1.CC(C)c1ccc(N2CCC(C(C)C)C2)cc1.CC(C)c1ccc(N2CCC(C(C)C)CC2)cc1.CC(C)c1cccc(N2CCC(C(C)C)C2)c1.CC(C)c1cccc(N2CCC(C(C)C)CC2)c1.CC(C)c1cccc(NC(=O)c2cccc(C(C)C)c2)c1. The fourth-order valence-corrected chi connectivity index (χ4v) is 15.5. The van der Waals surface area contributed by atoms with Gasteiger partial charge in [0.05, 0.1) is 0 Å². The van der Waals surface area contributed by atoms with Crippen LogP contribution in [0, 0.1) is 47.3 Å². The molecular weight excluding hydrogens is 1370 g/mol. The van der Waals surface area contributed by atoms with Gasteiger partial charge in [-0.3, -0.25) is 9.59 Å². The molecule has 2 N–H and O–H groups in total. The molecular formula is C104H150N6O2. The summed E-state index contributed by atoms with van der Waals surface area (Å²) >= 11 is 0. The van der Waals surface area contributed by atoms with Crippen molar-refractivity contribution in [1.29, 1.82) is 0 Å². The Morgan fingerprint density at radius 3 is 0.848 bits per heavy atom. The number of benzene rings is 8. The van der Waals surface area contributed by atoms with Crippen LogP contribution < -0.4 is 30.2 Å². The first kappa shape index (κ1) is 91.1. The number of carbonyl (C=O) groups is 2. The molecule has 8 nitrogen and oxygen atoms in total. The lowest BCUT2D eigenvalue weighted by molar-refractivity contribution is 0.101. The average Bonchev–Trinajstić information content (AvgIpc) is 1.77. The molecule has 4 fully saturated rings. The van der Waals surface area contributed by atoms with E-state index >= 15 is 0 Å². The van der Waals surface area contributed by atoms with Crippen LogP contribution >= 0.6 is 0 Å². The molecule has 112 heavy (non-hydrogen) atoms. The summed E-state index contributed by atoms with van der Waals surface area (Å²) in [6, 6.07) is 68.1. The van der Waals surface area contributed by atoms with Gasteiger partial charge in [-0.15, -0.1) is 0 Å². The Hall–Kier alpha value is -8.10. The van der Waals surface area contributed by atoms with Gasteiger partial charge in [0.2, 0.25) is 0 Å². The van der Waals surface area contributed by atoms with Gasteiger partial charge in [-0.1, -0.05) is 263 Å². The zero-order valence-corrected chi connectivity index (χ0v) is 74.2. The third-order valence-corrected chi connectivity index (χ3v) is 24.2. The molecule has 0 radical (unpaired) electrons. The monoisotopic (exact) mass is 1520 g/mol. The van der Waals surface area contributed by atoms with Crippen LogP contribution in [-0.2, 0) is 0 Å². The standard InChI is InChI=1S/2C19H23NO.2C17H27N.2C16H25N/c1-13(2)15-7-5-9-17(11-15)19(21)20-18-10-6-8-16(12-18)14(3)4;1-13(2)15-8-10-16(11-9-15)19(21)20-18-7-5-6-17(12-18)14(3)4;1-13(2)15-5-7-17(8-6-15)18-11-9-16(10-12-18)14(3)4;1-13(2)15-8-10-18(11-9-15)17-7-5-6-16(12-17)14(3)4;1-12(2)14-5-7-16(8-6-14)17-10-9-15(11-17)13(3)4;1-12(2)14-6-5-7-16(10-14)17-9-8-15(11-17)13(3)4/h2*5-14H,1-4H3,(H,20,21);5-8,13-14,16H,9-12H2,1-4H3;5-7,12-15H,8-11H2,1-4H3;5-8,12-13,15H,9-11H2,1-4H3;5-7,10,12-13,15H,8-9,11H2,1-4H3. The second-order valence-corrected chi connectivity index (χ2v) is 36.6. The summed E-state index contributed by atoms with van der Waals surface area (Å²) in [4.78, 5) is 34.8. The number of piperidine rings is 2. The lowest BCUT2D eigenvalue weighted by atomic mass is 9.86. The predicted octanol–water partition coefficient (Wildman–Crippen LogP) is 28.3. The van der Waals surface area contributed by atoms with Gasteiger partial charge in [-0.05, 0) is 275 Å². The van der Waals surface area contributed by atoms with E-state index in [2.05, 4.69) is 312 Å². The minimum atomic E-state index is -0.0637. The van der Waals surface area contributed by atoms with Crippen molar-refractivity contribution in [3.05, 3.63) is 250 Å². The maximum atomic E-state index is 12.4. The van der Waals surface area contributed by atoms with Crippen molar-refractivity contribution in [2.45, 2.75) is 252 Å². The van der Waals surface area contributed by atoms with E-state index in [1.807, 2.05) is 78.9 Å². The highest BCUT2D eigenvalue weighted by Gasteiger charge is 2.28. The first-order chi connectivity index (χ1) is 53.2. The molecule has 0 aliphatic carbocycles. The van der Waals surface area contributed by atoms with E-state index in [4.69, 9.17) is 0 Å². The van der Waals surface area contributed by atoms with Gasteiger partial charge in [0.15, 0.2) is 0 Å². The molecule has 0 saturated carbocycles. The number of nitrogens with one attached hydrogen (secondary N) is 2. The van der Waals surface area contributed by atoms with Crippen molar-refractivity contribution in [1.82, 2.24) is 0 Å². The van der Waals surface area contributed by atoms with E-state index in [9.17, 15) is 9.59 Å². The third kappa shape index (κ3) is 28.8. The highest BCUT2D eigenvalue weighted by molar-refractivity contribution is 6.05. The largest absolute Gasteiger partial charge is 0.372 e. The zero-order valence-electron chi connectivity index (χ0n) is 74.2. The van der Waals surface area contributed by atoms with E-state index in [0.29, 0.717) is 58.5 Å². The Morgan fingerprint density at radius 1 is 0.250 bits per heavy atom. The Labute approximate surface area is 683 Å². The lowest BCUT2D eigenvalue weighted by Crippen LogP contribution is -2.35. The van der Waals surface area contributed by atoms with E-state index in [1.165, 1.54) is 158 Å². The van der Waals surface area contributed by atoms with Gasteiger partial charge >= 0.3 is 0 Å². The van der Waals surface area contributed by atoms with E-state index in [0.717, 1.165) is 58.7 Å². The van der Waals surface area contributed by atoms with Gasteiger partial charge in [0, 0.05) is 97.6 Å². The number of amides is 2. The summed E-state index contributed by atoms with van der Waals surface area (Å²) in [5, 5.41) is 5.94. The molecule has 2 amide bonds. The van der Waals surface area contributed by atoms with Crippen LogP contribution in [0.2, 0.25) is 0 Å². The number of rotatable bonds is 20. The van der Waals surface area contributed by atoms with Crippen LogP contribution in [-0.4, -0.2) is 64.2 Å². The van der Waals surface area contributed by atoms with Crippen LogP contribution in [0.5, 0.6) is 0 Å². The molecule has 4 saturated heterocycles. The predicted molar refractivity (Wildman–Crippen MR) is 490 cm³/mol. The minimum absolute atomic E-state index is 0.0570. The van der Waals surface area contributed by atoms with Crippen LogP contribution in [0.4, 0.5) is 34.1 Å². The van der Waals surface area contributed by atoms with Crippen molar-refractivity contribution in [3.63, 3.8) is 0 Å². The normalized spacial score (nSPS) is 16.1. The van der Waals surface area contributed by atoms with Crippen LogP contribution in [0.15, 0.2) is 194 Å². The zero-order chi connectivity index (χ0) is 81.9. The number of nitrogens with zero attached hydrogens (tertiary/aromatic N) is 4. The molecule has 8 heteroatoms. The van der Waals surface area contributed by atoms with Crippen LogP contribution in [0.25, 0.3) is 0 Å². The molecule has 4 heterocycles. The van der Waals surface area contributed by atoms with Crippen molar-refractivity contribution >= 4 is 45.9 Å². The fraction of sp³-hybridized carbons (Fsp3) is 0.519. The Balaban J connectivity index is 0.000000187. The average molecular weight is 1520 g/mol. The summed E-state index contributed by atoms with van der Waals surface area (Å²) in [6.45, 7) is 63.8. The highest BCUT2D eigenvalue weighted by atomic mass is 16.2. The summed E-state index contributed by atoms with van der Waals surface area (Å²) in [6.07, 6.45) is 8.10. The number of carbonyl (C=O) groups excluding carboxylic acids is 2. The smallest absolute Gasteiger partial charge is 0.255 e. The Kier molecular flexibility index (Phi) is 36.7. The van der Waals surface area contributed by atoms with Gasteiger partial charge in [0.25, 0.3) is 11.8 Å². The third-order valence-electron chi connectivity index (χ3n) is 24.2. The van der Waals surface area contributed by atoms with Crippen molar-refractivity contribution in [3.8, 4) is 0 Å². The summed E-state index contributed by atoms with van der Waals surface area (Å²) in [5.41, 5.74) is 19.4. The lowest BCUT2D eigenvalue weighted by Gasteiger charge is -2.35. The first-order valence-electron chi connectivity index (χ1n) is 43.7. The number of hydrogen-bond acceptors (Lipinski definition) is 6. The summed E-state index contributed by atoms with van der Waals surface area (Å²) in [7, 11) is 0. The molecule has 4 aliphatic heterocycles. The maximum absolute atomic E-state index is 12.4. The van der Waals surface area contributed by atoms with Crippen molar-refractivity contribution < 1.29 is 9.59 Å². The highest BCUT2D eigenvalue weighted by Crippen LogP contribution is 2.35. The molecule has 0 aromatic heterocycles. The molecule has 4 aliphatic rings. The molecule has 0 spiro atoms. The molecule has 0 bridgehead atoms. The summed E-state index contributed by atoms with van der Waals surface area (Å²) < 4.78 is 0. The quantitative estimate of drug-likeness (QED) is 0.0792. The molecule has 8 aromatic carbocycles. The van der Waals surface area contributed by atoms with Gasteiger partial charge < -0.3 is 30.2 Å².